The van der Waals surface area contributed by atoms with E-state index in [0.29, 0.717) is 18.9 Å². The molecule has 0 fully saturated rings. The predicted octanol–water partition coefficient (Wildman–Crippen LogP) is 2.15. The predicted molar refractivity (Wildman–Crippen MR) is 76.7 cm³/mol. The summed E-state index contributed by atoms with van der Waals surface area (Å²) in [6, 6.07) is 9.12. The molecule has 0 amide bonds. The third-order valence-electron chi connectivity index (χ3n) is 2.52. The Bertz CT molecular complexity index is 428. The second-order valence-electron chi connectivity index (χ2n) is 3.98. The third-order valence-corrected chi connectivity index (χ3v) is 2.52. The van der Waals surface area contributed by atoms with Crippen LogP contribution < -0.4 is 0 Å². The lowest BCUT2D eigenvalue weighted by Gasteiger charge is -2.15. The monoisotopic (exact) mass is 280 g/mol. The van der Waals surface area contributed by atoms with Crippen molar-refractivity contribution in [2.75, 3.05) is 26.3 Å². The first-order valence-corrected chi connectivity index (χ1v) is 6.61. The average molecular weight is 280 g/mol. The highest BCUT2D eigenvalue weighted by molar-refractivity contribution is 6.01. The van der Waals surface area contributed by atoms with Gasteiger partial charge in [0.2, 0.25) is 6.54 Å². The highest BCUT2D eigenvalue weighted by atomic mass is 16.7. The van der Waals surface area contributed by atoms with E-state index in [2.05, 4.69) is 4.99 Å². The number of rotatable bonds is 9. The van der Waals surface area contributed by atoms with Gasteiger partial charge in [0.25, 0.3) is 0 Å². The Kier molecular flexibility index (Phi) is 7.46. The fourth-order valence-corrected chi connectivity index (χ4v) is 1.70. The maximum Gasteiger partial charge on any atom is 0.245 e. The van der Waals surface area contributed by atoms with Crippen molar-refractivity contribution in [2.24, 2.45) is 4.99 Å². The maximum atomic E-state index is 10.7. The zero-order valence-corrected chi connectivity index (χ0v) is 11.8. The largest absolute Gasteiger partial charge is 0.351 e. The van der Waals surface area contributed by atoms with Gasteiger partial charge in [-0.25, -0.2) is 0 Å². The van der Waals surface area contributed by atoms with Gasteiger partial charge >= 0.3 is 0 Å². The van der Waals surface area contributed by atoms with Gasteiger partial charge in [0.15, 0.2) is 6.29 Å². The smallest absolute Gasteiger partial charge is 0.245 e. The molecule has 0 atom stereocenters. The number of hydrogen-bond donors (Lipinski definition) is 0. The van der Waals surface area contributed by atoms with Crippen LogP contribution in [0.4, 0.5) is 0 Å². The molecular formula is C14H20N2O4. The van der Waals surface area contributed by atoms with Crippen LogP contribution in [0.15, 0.2) is 35.3 Å². The van der Waals surface area contributed by atoms with E-state index < -0.39 is 6.29 Å². The Balaban J connectivity index is 2.81. The van der Waals surface area contributed by atoms with E-state index in [4.69, 9.17) is 9.47 Å². The zero-order chi connectivity index (χ0) is 14.8. The van der Waals surface area contributed by atoms with Gasteiger partial charge < -0.3 is 9.47 Å². The molecule has 20 heavy (non-hydrogen) atoms. The van der Waals surface area contributed by atoms with Crippen molar-refractivity contribution in [1.29, 1.82) is 0 Å². The van der Waals surface area contributed by atoms with Crippen molar-refractivity contribution < 1.29 is 14.4 Å². The molecule has 6 nitrogen and oxygen atoms in total. The van der Waals surface area contributed by atoms with Crippen molar-refractivity contribution in [2.45, 2.75) is 20.1 Å². The first-order chi connectivity index (χ1) is 9.67. The molecule has 0 unspecified atom stereocenters. The number of aliphatic imine (C=N–C) groups is 1. The quantitative estimate of drug-likeness (QED) is 0.301. The maximum absolute atomic E-state index is 10.7. The highest BCUT2D eigenvalue weighted by Crippen LogP contribution is 2.04. The van der Waals surface area contributed by atoms with E-state index >= 15 is 0 Å². The molecule has 0 N–H and O–H groups in total. The van der Waals surface area contributed by atoms with Crippen molar-refractivity contribution in [3.8, 4) is 0 Å². The number of nitro groups is 1. The number of nitrogens with zero attached hydrogens (tertiary/aromatic N) is 2. The second kappa shape index (κ2) is 9.17. The third kappa shape index (κ3) is 5.90. The molecule has 1 aromatic rings. The minimum Gasteiger partial charge on any atom is -0.351 e. The molecule has 0 heterocycles. The summed E-state index contributed by atoms with van der Waals surface area (Å²) in [5, 5.41) is 10.7. The molecule has 0 saturated carbocycles. The van der Waals surface area contributed by atoms with Crippen LogP contribution in [0.1, 0.15) is 19.4 Å². The molecule has 0 bridgehead atoms. The second-order valence-corrected chi connectivity index (χ2v) is 3.98. The summed E-state index contributed by atoms with van der Waals surface area (Å²) in [6.45, 7) is 4.69. The molecule has 1 rings (SSSR count). The van der Waals surface area contributed by atoms with Gasteiger partial charge in [-0.1, -0.05) is 30.3 Å². The molecule has 0 aliphatic rings. The summed E-state index contributed by atoms with van der Waals surface area (Å²) in [6.07, 6.45) is -0.463. The molecule has 0 aliphatic carbocycles. The Morgan fingerprint density at radius 2 is 1.85 bits per heavy atom. The van der Waals surface area contributed by atoms with Gasteiger partial charge in [-0.05, 0) is 13.8 Å². The SMILES string of the molecule is CCOC(CN=C(C[N+](=O)[O-])c1ccccc1)OCC. The normalized spacial score (nSPS) is 11.8. The average Bonchev–Trinajstić information content (AvgIpc) is 2.44. The molecule has 0 aromatic heterocycles. The molecule has 0 saturated heterocycles. The van der Waals surface area contributed by atoms with E-state index in [1.54, 1.807) is 12.1 Å². The van der Waals surface area contributed by atoms with Crippen LogP contribution in [0.5, 0.6) is 0 Å². The lowest BCUT2D eigenvalue weighted by Crippen LogP contribution is -2.23. The Labute approximate surface area is 118 Å². The van der Waals surface area contributed by atoms with E-state index in [1.165, 1.54) is 0 Å². The van der Waals surface area contributed by atoms with Crippen molar-refractivity contribution >= 4 is 5.71 Å². The van der Waals surface area contributed by atoms with Gasteiger partial charge in [-0.2, -0.15) is 0 Å². The Morgan fingerprint density at radius 1 is 1.25 bits per heavy atom. The summed E-state index contributed by atoms with van der Waals surface area (Å²) < 4.78 is 10.7. The van der Waals surface area contributed by atoms with Gasteiger partial charge in [0, 0.05) is 23.7 Å². The van der Waals surface area contributed by atoms with E-state index in [0.717, 1.165) is 5.56 Å². The first kappa shape index (κ1) is 16.3. The highest BCUT2D eigenvalue weighted by Gasteiger charge is 2.13. The Hall–Kier alpha value is -1.79. The van der Waals surface area contributed by atoms with Crippen LogP contribution >= 0.6 is 0 Å². The van der Waals surface area contributed by atoms with Crippen molar-refractivity contribution in [3.05, 3.63) is 46.0 Å². The van der Waals surface area contributed by atoms with Crippen LogP contribution in [0.2, 0.25) is 0 Å². The van der Waals surface area contributed by atoms with Gasteiger partial charge in [-0.3, -0.25) is 15.1 Å². The van der Waals surface area contributed by atoms with E-state index in [-0.39, 0.29) is 18.0 Å². The van der Waals surface area contributed by atoms with E-state index in [1.807, 2.05) is 32.0 Å². The lowest BCUT2D eigenvalue weighted by atomic mass is 10.1. The van der Waals surface area contributed by atoms with Gasteiger partial charge in [0.1, 0.15) is 5.71 Å². The van der Waals surface area contributed by atoms with Crippen molar-refractivity contribution in [1.82, 2.24) is 0 Å². The fraction of sp³-hybridized carbons (Fsp3) is 0.500. The van der Waals surface area contributed by atoms with Gasteiger partial charge in [0.05, 0.1) is 6.54 Å². The number of hydrogen-bond acceptors (Lipinski definition) is 5. The standard InChI is InChI=1S/C14H20N2O4/c1-3-19-14(20-4-2)10-15-13(11-16(17)18)12-8-6-5-7-9-12/h5-9,14H,3-4,10-11H2,1-2H3. The minimum absolute atomic E-state index is 0.250. The van der Waals surface area contributed by atoms with Crippen molar-refractivity contribution in [3.63, 3.8) is 0 Å². The molecular weight excluding hydrogens is 260 g/mol. The Morgan fingerprint density at radius 3 is 2.35 bits per heavy atom. The van der Waals surface area contributed by atoms with Crippen LogP contribution in [-0.4, -0.2) is 43.2 Å². The molecule has 0 radical (unpaired) electrons. The summed E-state index contributed by atoms with van der Waals surface area (Å²) in [4.78, 5) is 14.7. The zero-order valence-electron chi connectivity index (χ0n) is 11.8. The topological polar surface area (TPSA) is 74.0 Å². The molecule has 110 valence electrons. The minimum atomic E-state index is -0.463. The van der Waals surface area contributed by atoms with Crippen LogP contribution in [0, 0.1) is 10.1 Å². The van der Waals surface area contributed by atoms with E-state index in [9.17, 15) is 10.1 Å². The summed E-state index contributed by atoms with van der Waals surface area (Å²) in [5.41, 5.74) is 1.18. The lowest BCUT2D eigenvalue weighted by molar-refractivity contribution is -0.462. The van der Waals surface area contributed by atoms with Crippen LogP contribution in [0.25, 0.3) is 0 Å². The molecule has 1 aromatic carbocycles. The fourth-order valence-electron chi connectivity index (χ4n) is 1.70. The first-order valence-electron chi connectivity index (χ1n) is 6.61. The summed E-state index contributed by atoms with van der Waals surface area (Å²) in [7, 11) is 0. The molecule has 0 spiro atoms. The summed E-state index contributed by atoms with van der Waals surface area (Å²) >= 11 is 0. The molecule has 6 heteroatoms. The van der Waals surface area contributed by atoms with Gasteiger partial charge in [-0.15, -0.1) is 0 Å². The molecule has 0 aliphatic heterocycles. The van der Waals surface area contributed by atoms with Crippen LogP contribution in [0.3, 0.4) is 0 Å². The number of ether oxygens (including phenoxy) is 2. The summed E-state index contributed by atoms with van der Waals surface area (Å²) in [5.74, 6) is 0. The number of benzene rings is 1. The van der Waals surface area contributed by atoms with Crippen LogP contribution in [-0.2, 0) is 9.47 Å².